The summed E-state index contributed by atoms with van der Waals surface area (Å²) in [5.41, 5.74) is 1.25. The van der Waals surface area contributed by atoms with Crippen LogP contribution in [-0.4, -0.2) is 27.1 Å². The summed E-state index contributed by atoms with van der Waals surface area (Å²) in [7, 11) is 4.73. The maximum atomic E-state index is 13.4. The number of methoxy groups -OCH3 is 3. The van der Waals surface area contributed by atoms with Crippen molar-refractivity contribution in [2.75, 3.05) is 21.3 Å². The molecule has 3 rings (SSSR count). The molecular weight excluding hydrogens is 544 g/mol. The van der Waals surface area contributed by atoms with Gasteiger partial charge in [-0.15, -0.1) is 0 Å². The first-order valence-corrected chi connectivity index (χ1v) is 11.6. The Hall–Kier alpha value is -2.22. The molecule has 3 aromatic rings. The predicted octanol–water partition coefficient (Wildman–Crippen LogP) is 7.25. The van der Waals surface area contributed by atoms with Gasteiger partial charge in [-0.2, -0.15) is 0 Å². The van der Waals surface area contributed by atoms with Gasteiger partial charge in [0.15, 0.2) is 5.78 Å². The molecule has 0 aliphatic heterocycles. The number of halogens is 2. The highest BCUT2D eigenvalue weighted by atomic mass is 79.9. The average Bonchev–Trinajstić information content (AvgIpc) is 2.79. The molecule has 31 heavy (non-hydrogen) atoms. The minimum absolute atomic E-state index is 0.0969. The van der Waals surface area contributed by atoms with E-state index in [0.717, 1.165) is 13.8 Å². The summed E-state index contributed by atoms with van der Waals surface area (Å²) in [6, 6.07) is 18.6. The molecule has 0 atom stereocenters. The molecule has 4 nitrogen and oxygen atoms in total. The van der Waals surface area contributed by atoms with Crippen molar-refractivity contribution in [3.63, 3.8) is 0 Å². The largest absolute Gasteiger partial charge is 0.496 e. The SMILES string of the molecule is COc1cc(OC)c(/C=C(/Sc2ccc(Br)cc2)C(=O)c2ccc(Br)cc2)c(OC)c1. The highest BCUT2D eigenvalue weighted by Crippen LogP contribution is 2.39. The standard InChI is InChI=1S/C24H20Br2O4S/c1-28-18-12-21(29-2)20(22(13-18)30-3)14-23(31-19-10-8-17(26)9-11-19)24(27)15-4-6-16(25)7-5-15/h4-14H,1-3H3/b23-14+. The van der Waals surface area contributed by atoms with Crippen molar-refractivity contribution < 1.29 is 19.0 Å². The van der Waals surface area contributed by atoms with Crippen molar-refractivity contribution in [1.29, 1.82) is 0 Å². The molecule has 0 aliphatic rings. The van der Waals surface area contributed by atoms with E-state index in [-0.39, 0.29) is 5.78 Å². The summed E-state index contributed by atoms with van der Waals surface area (Å²) in [5.74, 6) is 1.61. The fourth-order valence-electron chi connectivity index (χ4n) is 2.82. The van der Waals surface area contributed by atoms with Crippen LogP contribution in [0.1, 0.15) is 15.9 Å². The van der Waals surface area contributed by atoms with Crippen LogP contribution in [0.4, 0.5) is 0 Å². The van der Waals surface area contributed by atoms with Crippen molar-refractivity contribution in [2.45, 2.75) is 4.90 Å². The quantitative estimate of drug-likeness (QED) is 0.164. The van der Waals surface area contributed by atoms with Crippen molar-refractivity contribution in [3.05, 3.63) is 85.6 Å². The van der Waals surface area contributed by atoms with Gasteiger partial charge in [0.1, 0.15) is 17.2 Å². The van der Waals surface area contributed by atoms with Gasteiger partial charge in [-0.25, -0.2) is 0 Å². The van der Waals surface area contributed by atoms with Gasteiger partial charge in [-0.1, -0.05) is 43.6 Å². The number of Topliss-reactive ketones (excluding diaryl/α,β-unsaturated/α-hetero) is 1. The molecule has 0 amide bonds. The number of rotatable bonds is 8. The van der Waals surface area contributed by atoms with E-state index in [1.807, 2.05) is 36.4 Å². The van der Waals surface area contributed by atoms with Crippen molar-refractivity contribution in [1.82, 2.24) is 0 Å². The fraction of sp³-hybridized carbons (Fsp3) is 0.125. The van der Waals surface area contributed by atoms with Crippen LogP contribution in [0.2, 0.25) is 0 Å². The van der Waals surface area contributed by atoms with Crippen molar-refractivity contribution >= 4 is 55.5 Å². The smallest absolute Gasteiger partial charge is 0.199 e. The van der Waals surface area contributed by atoms with E-state index < -0.39 is 0 Å². The predicted molar refractivity (Wildman–Crippen MR) is 133 cm³/mol. The van der Waals surface area contributed by atoms with E-state index in [4.69, 9.17) is 14.2 Å². The lowest BCUT2D eigenvalue weighted by Gasteiger charge is -2.14. The van der Waals surface area contributed by atoms with Crippen molar-refractivity contribution in [2.24, 2.45) is 0 Å². The molecule has 0 unspecified atom stereocenters. The third kappa shape index (κ3) is 5.93. The summed E-state index contributed by atoms with van der Waals surface area (Å²) in [6.45, 7) is 0. The topological polar surface area (TPSA) is 44.8 Å². The number of hydrogen-bond acceptors (Lipinski definition) is 5. The maximum Gasteiger partial charge on any atom is 0.199 e. The monoisotopic (exact) mass is 562 g/mol. The van der Waals surface area contributed by atoms with E-state index in [2.05, 4.69) is 31.9 Å². The zero-order valence-electron chi connectivity index (χ0n) is 17.1. The molecule has 3 aromatic carbocycles. The summed E-state index contributed by atoms with van der Waals surface area (Å²) in [6.07, 6.45) is 1.80. The van der Waals surface area contributed by atoms with Crippen LogP contribution in [0.25, 0.3) is 6.08 Å². The lowest BCUT2D eigenvalue weighted by molar-refractivity contribution is 0.104. The molecule has 0 heterocycles. The second kappa shape index (κ2) is 10.9. The molecule has 0 fully saturated rings. The zero-order valence-corrected chi connectivity index (χ0v) is 21.1. The van der Waals surface area contributed by atoms with Gasteiger partial charge in [0, 0.05) is 31.5 Å². The van der Waals surface area contributed by atoms with Crippen LogP contribution in [0.5, 0.6) is 17.2 Å². The molecule has 0 radical (unpaired) electrons. The maximum absolute atomic E-state index is 13.4. The minimum atomic E-state index is -0.0969. The Kier molecular flexibility index (Phi) is 8.23. The molecule has 7 heteroatoms. The average molecular weight is 564 g/mol. The van der Waals surface area contributed by atoms with Gasteiger partial charge in [0.05, 0.1) is 31.8 Å². The van der Waals surface area contributed by atoms with Crippen LogP contribution in [0.15, 0.2) is 79.4 Å². The lowest BCUT2D eigenvalue weighted by atomic mass is 10.1. The zero-order chi connectivity index (χ0) is 22.4. The molecule has 160 valence electrons. The number of carbonyl (C=O) groups is 1. The van der Waals surface area contributed by atoms with Crippen LogP contribution >= 0.6 is 43.6 Å². The van der Waals surface area contributed by atoms with E-state index in [1.54, 1.807) is 51.7 Å². The van der Waals surface area contributed by atoms with E-state index >= 15 is 0 Å². The van der Waals surface area contributed by atoms with Gasteiger partial charge in [0.25, 0.3) is 0 Å². The van der Waals surface area contributed by atoms with Gasteiger partial charge < -0.3 is 14.2 Å². The summed E-state index contributed by atoms with van der Waals surface area (Å²) in [4.78, 5) is 14.9. The van der Waals surface area contributed by atoms with Crippen LogP contribution in [0.3, 0.4) is 0 Å². The summed E-state index contributed by atoms with van der Waals surface area (Å²) in [5, 5.41) is 0. The third-order valence-electron chi connectivity index (χ3n) is 4.40. The highest BCUT2D eigenvalue weighted by molar-refractivity contribution is 9.10. The second-order valence-corrected chi connectivity index (χ2v) is 9.29. The third-order valence-corrected chi connectivity index (χ3v) is 6.49. The number of ether oxygens (including phenoxy) is 3. The van der Waals surface area contributed by atoms with Gasteiger partial charge >= 0.3 is 0 Å². The summed E-state index contributed by atoms with van der Waals surface area (Å²) < 4.78 is 18.3. The summed E-state index contributed by atoms with van der Waals surface area (Å²) >= 11 is 8.25. The molecule has 0 aliphatic carbocycles. The molecule has 0 bridgehead atoms. The van der Waals surface area contributed by atoms with Crippen LogP contribution < -0.4 is 14.2 Å². The first-order chi connectivity index (χ1) is 14.9. The van der Waals surface area contributed by atoms with Gasteiger partial charge in [-0.05, 0) is 54.6 Å². The number of thioether (sulfide) groups is 1. The Morgan fingerprint density at radius 1 is 0.806 bits per heavy atom. The molecule has 0 aromatic heterocycles. The Morgan fingerprint density at radius 3 is 1.81 bits per heavy atom. The Balaban J connectivity index is 2.13. The van der Waals surface area contributed by atoms with Gasteiger partial charge in [-0.3, -0.25) is 4.79 Å². The number of carbonyl (C=O) groups excluding carboxylic acids is 1. The van der Waals surface area contributed by atoms with Gasteiger partial charge in [0.2, 0.25) is 0 Å². The van der Waals surface area contributed by atoms with Crippen LogP contribution in [0, 0.1) is 0 Å². The Labute approximate surface area is 202 Å². The number of allylic oxidation sites excluding steroid dienone is 1. The number of hydrogen-bond donors (Lipinski definition) is 0. The lowest BCUT2D eigenvalue weighted by Crippen LogP contribution is -2.02. The van der Waals surface area contributed by atoms with E-state index in [9.17, 15) is 4.79 Å². The molecule has 0 N–H and O–H groups in total. The molecule has 0 saturated carbocycles. The van der Waals surface area contributed by atoms with Crippen molar-refractivity contribution in [3.8, 4) is 17.2 Å². The number of ketones is 1. The normalized spacial score (nSPS) is 11.2. The Morgan fingerprint density at radius 2 is 1.32 bits per heavy atom. The molecule has 0 saturated heterocycles. The van der Waals surface area contributed by atoms with E-state index in [0.29, 0.717) is 33.3 Å². The second-order valence-electron chi connectivity index (χ2n) is 6.35. The first kappa shape index (κ1) is 23.4. The first-order valence-electron chi connectivity index (χ1n) is 9.20. The highest BCUT2D eigenvalue weighted by Gasteiger charge is 2.18. The van der Waals surface area contributed by atoms with E-state index in [1.165, 1.54) is 11.8 Å². The minimum Gasteiger partial charge on any atom is -0.496 e. The van der Waals surface area contributed by atoms with Crippen LogP contribution in [-0.2, 0) is 0 Å². The fourth-order valence-corrected chi connectivity index (χ4v) is 4.26. The number of benzene rings is 3. The Bertz CT molecular complexity index is 1070. The molecular formula is C24H20Br2O4S. The molecule has 0 spiro atoms.